The first-order chi connectivity index (χ1) is 9.02. The van der Waals surface area contributed by atoms with Crippen LogP contribution in [0.25, 0.3) is 0 Å². The third kappa shape index (κ3) is 2.35. The van der Waals surface area contributed by atoms with E-state index in [0.717, 1.165) is 6.20 Å². The van der Waals surface area contributed by atoms with Gasteiger partial charge in [-0.15, -0.1) is 0 Å². The van der Waals surface area contributed by atoms with E-state index < -0.39 is 11.4 Å². The summed E-state index contributed by atoms with van der Waals surface area (Å²) in [6, 6.07) is 2.73. The predicted octanol–water partition coefficient (Wildman–Crippen LogP) is 2.74. The summed E-state index contributed by atoms with van der Waals surface area (Å²) in [5.74, 6) is -0.447. The van der Waals surface area contributed by atoms with Crippen LogP contribution in [0.5, 0.6) is 0 Å². The molecular formula is C13H15ClFN3O. The van der Waals surface area contributed by atoms with Gasteiger partial charge in [0.1, 0.15) is 11.4 Å². The second kappa shape index (κ2) is 5.27. The lowest BCUT2D eigenvalue weighted by Crippen LogP contribution is -2.31. The van der Waals surface area contributed by atoms with Crippen LogP contribution in [0, 0.1) is 5.82 Å². The van der Waals surface area contributed by atoms with Crippen LogP contribution < -0.4 is 0 Å². The Morgan fingerprint density at radius 3 is 2.63 bits per heavy atom. The van der Waals surface area contributed by atoms with Crippen LogP contribution >= 0.6 is 11.6 Å². The molecule has 0 bridgehead atoms. The molecule has 0 amide bonds. The zero-order chi connectivity index (χ0) is 14.0. The van der Waals surface area contributed by atoms with Crippen LogP contribution in [0.15, 0.2) is 24.5 Å². The van der Waals surface area contributed by atoms with Crippen LogP contribution in [0.2, 0.25) is 5.02 Å². The normalized spacial score (nSPS) is 14.4. The molecule has 0 spiro atoms. The largest absolute Gasteiger partial charge is 0.377 e. The molecule has 0 saturated heterocycles. The number of rotatable bonds is 4. The van der Waals surface area contributed by atoms with Gasteiger partial charge in [-0.05, 0) is 25.5 Å². The molecule has 2 aromatic heterocycles. The van der Waals surface area contributed by atoms with E-state index in [1.54, 1.807) is 4.68 Å². The van der Waals surface area contributed by atoms with Gasteiger partial charge in [-0.2, -0.15) is 5.10 Å². The summed E-state index contributed by atoms with van der Waals surface area (Å²) in [4.78, 5) is 3.97. The smallest absolute Gasteiger partial charge is 0.149 e. The predicted molar refractivity (Wildman–Crippen MR) is 70.4 cm³/mol. The summed E-state index contributed by atoms with van der Waals surface area (Å²) < 4.78 is 14.6. The van der Waals surface area contributed by atoms with Crippen molar-refractivity contribution in [2.75, 3.05) is 0 Å². The van der Waals surface area contributed by atoms with Gasteiger partial charge < -0.3 is 5.11 Å². The highest BCUT2D eigenvalue weighted by atomic mass is 35.5. The van der Waals surface area contributed by atoms with E-state index in [1.807, 2.05) is 13.8 Å². The minimum atomic E-state index is -1.38. The number of aryl methyl sites for hydroxylation is 1. The SMILES string of the molecule is CCn1ncc(Cl)c1C(O)(CC)c1ccc(F)cn1. The van der Waals surface area contributed by atoms with E-state index in [9.17, 15) is 9.50 Å². The van der Waals surface area contributed by atoms with E-state index in [4.69, 9.17) is 11.6 Å². The summed E-state index contributed by atoms with van der Waals surface area (Å²) in [5.41, 5.74) is -0.538. The van der Waals surface area contributed by atoms with Crippen LogP contribution in [0.3, 0.4) is 0 Å². The van der Waals surface area contributed by atoms with Crippen molar-refractivity contribution in [3.63, 3.8) is 0 Å². The standard InChI is InChI=1S/C13H15ClFN3O/c1-3-13(19,11-6-5-9(15)7-16-11)12-10(14)8-17-18(12)4-2/h5-8,19H,3-4H2,1-2H3. The molecule has 0 saturated carbocycles. The quantitative estimate of drug-likeness (QED) is 0.939. The van der Waals surface area contributed by atoms with Gasteiger partial charge in [-0.1, -0.05) is 18.5 Å². The summed E-state index contributed by atoms with van der Waals surface area (Å²) in [7, 11) is 0. The van der Waals surface area contributed by atoms with Crippen LogP contribution in [0.1, 0.15) is 31.7 Å². The van der Waals surface area contributed by atoms with Crippen LogP contribution in [-0.2, 0) is 12.1 Å². The first-order valence-corrected chi connectivity index (χ1v) is 6.47. The Morgan fingerprint density at radius 2 is 2.11 bits per heavy atom. The monoisotopic (exact) mass is 283 g/mol. The Kier molecular flexibility index (Phi) is 3.87. The Bertz CT molecular complexity index is 570. The van der Waals surface area contributed by atoms with Crippen LogP contribution in [0.4, 0.5) is 4.39 Å². The summed E-state index contributed by atoms with van der Waals surface area (Å²) in [5, 5.41) is 15.4. The van der Waals surface area contributed by atoms with Gasteiger partial charge in [-0.25, -0.2) is 4.39 Å². The molecule has 1 N–H and O–H groups in total. The van der Waals surface area contributed by atoms with Gasteiger partial charge in [0.15, 0.2) is 0 Å². The van der Waals surface area contributed by atoms with E-state index in [2.05, 4.69) is 10.1 Å². The molecule has 0 aromatic carbocycles. The first kappa shape index (κ1) is 14.0. The third-order valence-electron chi connectivity index (χ3n) is 3.15. The number of nitrogens with zero attached hydrogens (tertiary/aromatic N) is 3. The number of halogens is 2. The van der Waals surface area contributed by atoms with Gasteiger partial charge in [-0.3, -0.25) is 9.67 Å². The van der Waals surface area contributed by atoms with E-state index >= 15 is 0 Å². The molecule has 0 aliphatic heterocycles. The summed E-state index contributed by atoms with van der Waals surface area (Å²) >= 11 is 6.12. The lowest BCUT2D eigenvalue weighted by atomic mass is 9.91. The maximum atomic E-state index is 13.0. The second-order valence-electron chi connectivity index (χ2n) is 4.23. The number of hydrogen-bond donors (Lipinski definition) is 1. The molecule has 0 aliphatic rings. The number of aliphatic hydroxyl groups is 1. The van der Waals surface area contributed by atoms with Crippen molar-refractivity contribution in [1.29, 1.82) is 0 Å². The molecule has 4 nitrogen and oxygen atoms in total. The summed E-state index contributed by atoms with van der Waals surface area (Å²) in [6.45, 7) is 4.29. The minimum Gasteiger partial charge on any atom is -0.377 e. The van der Waals surface area contributed by atoms with Crippen molar-refractivity contribution in [3.8, 4) is 0 Å². The Labute approximate surface area is 115 Å². The molecular weight excluding hydrogens is 269 g/mol. The Morgan fingerprint density at radius 1 is 1.37 bits per heavy atom. The zero-order valence-corrected chi connectivity index (χ0v) is 11.5. The third-order valence-corrected chi connectivity index (χ3v) is 3.43. The van der Waals surface area contributed by atoms with E-state index in [-0.39, 0.29) is 0 Å². The van der Waals surface area contributed by atoms with Crippen molar-refractivity contribution < 1.29 is 9.50 Å². The highest BCUT2D eigenvalue weighted by molar-refractivity contribution is 6.31. The van der Waals surface area contributed by atoms with Crippen molar-refractivity contribution in [1.82, 2.24) is 14.8 Å². The molecule has 0 aliphatic carbocycles. The molecule has 0 fully saturated rings. The van der Waals surface area contributed by atoms with Gasteiger partial charge >= 0.3 is 0 Å². The maximum absolute atomic E-state index is 13.0. The van der Waals surface area contributed by atoms with E-state index in [0.29, 0.717) is 29.4 Å². The molecule has 2 rings (SSSR count). The molecule has 102 valence electrons. The highest BCUT2D eigenvalue weighted by Crippen LogP contribution is 2.35. The van der Waals surface area contributed by atoms with Gasteiger partial charge in [0, 0.05) is 6.54 Å². The fourth-order valence-electron chi connectivity index (χ4n) is 2.10. The average Bonchev–Trinajstić information content (AvgIpc) is 2.80. The highest BCUT2D eigenvalue weighted by Gasteiger charge is 2.36. The number of pyridine rings is 1. The number of aromatic nitrogens is 3. The fraction of sp³-hybridized carbons (Fsp3) is 0.385. The second-order valence-corrected chi connectivity index (χ2v) is 4.64. The van der Waals surface area contributed by atoms with Crippen molar-refractivity contribution in [3.05, 3.63) is 46.8 Å². The van der Waals surface area contributed by atoms with Gasteiger partial charge in [0.25, 0.3) is 0 Å². The van der Waals surface area contributed by atoms with Crippen LogP contribution in [-0.4, -0.2) is 19.9 Å². The van der Waals surface area contributed by atoms with Crippen molar-refractivity contribution >= 4 is 11.6 Å². The average molecular weight is 284 g/mol. The minimum absolute atomic E-state index is 0.355. The van der Waals surface area contributed by atoms with Crippen molar-refractivity contribution in [2.45, 2.75) is 32.4 Å². The van der Waals surface area contributed by atoms with Crippen molar-refractivity contribution in [2.24, 2.45) is 0 Å². The lowest BCUT2D eigenvalue weighted by molar-refractivity contribution is 0.0622. The maximum Gasteiger partial charge on any atom is 0.149 e. The Balaban J connectivity index is 2.59. The topological polar surface area (TPSA) is 50.9 Å². The molecule has 0 radical (unpaired) electrons. The molecule has 1 unspecified atom stereocenters. The van der Waals surface area contributed by atoms with E-state index in [1.165, 1.54) is 18.3 Å². The van der Waals surface area contributed by atoms with Gasteiger partial charge in [0.05, 0.1) is 28.8 Å². The first-order valence-electron chi connectivity index (χ1n) is 6.09. The lowest BCUT2D eigenvalue weighted by Gasteiger charge is -2.27. The molecule has 19 heavy (non-hydrogen) atoms. The summed E-state index contributed by atoms with van der Waals surface area (Å²) in [6.07, 6.45) is 2.93. The fourth-order valence-corrected chi connectivity index (χ4v) is 2.40. The Hall–Kier alpha value is -1.46. The molecule has 2 heterocycles. The number of hydrogen-bond acceptors (Lipinski definition) is 3. The molecule has 1 atom stereocenters. The molecule has 2 aromatic rings. The zero-order valence-electron chi connectivity index (χ0n) is 10.8. The molecule has 6 heteroatoms. The van der Waals surface area contributed by atoms with Gasteiger partial charge in [0.2, 0.25) is 0 Å².